The molecule has 7 heteroatoms. The molecule has 2 heterocycles. The lowest BCUT2D eigenvalue weighted by atomic mass is 10.0. The molecule has 0 aliphatic carbocycles. The number of piperidine rings is 1. The van der Waals surface area contributed by atoms with Gasteiger partial charge in [0, 0.05) is 37.6 Å². The predicted molar refractivity (Wildman–Crippen MR) is 92.5 cm³/mol. The van der Waals surface area contributed by atoms with Crippen LogP contribution < -0.4 is 10.1 Å². The minimum atomic E-state index is -0.821. The molecule has 1 aromatic carbocycles. The molecule has 0 saturated carbocycles. The Labute approximate surface area is 151 Å². The van der Waals surface area contributed by atoms with E-state index in [4.69, 9.17) is 4.74 Å². The highest BCUT2D eigenvalue weighted by Gasteiger charge is 2.21. The van der Waals surface area contributed by atoms with Crippen LogP contribution in [-0.4, -0.2) is 41.5 Å². The zero-order chi connectivity index (χ0) is 18.4. The molecule has 1 aliphatic rings. The summed E-state index contributed by atoms with van der Waals surface area (Å²) in [6.07, 6.45) is 5.46. The Bertz CT molecular complexity index is 743. The second kappa shape index (κ2) is 8.71. The van der Waals surface area contributed by atoms with Crippen molar-refractivity contribution in [2.24, 2.45) is 0 Å². The number of aromatic nitrogens is 1. The smallest absolute Gasteiger partial charge is 0.258 e. The monoisotopic (exact) mass is 361 g/mol. The van der Waals surface area contributed by atoms with Crippen LogP contribution in [0.4, 0.5) is 8.78 Å². The summed E-state index contributed by atoms with van der Waals surface area (Å²) in [5.74, 6) is -1.96. The van der Waals surface area contributed by atoms with E-state index in [1.165, 1.54) is 6.07 Å². The van der Waals surface area contributed by atoms with Crippen molar-refractivity contribution in [3.8, 4) is 5.75 Å². The normalized spacial score (nSPS) is 17.7. The fourth-order valence-electron chi connectivity index (χ4n) is 3.07. The average molecular weight is 361 g/mol. The molecule has 1 amide bonds. The van der Waals surface area contributed by atoms with E-state index >= 15 is 0 Å². The molecule has 0 unspecified atom stereocenters. The summed E-state index contributed by atoms with van der Waals surface area (Å²) in [5.41, 5.74) is 1.13. The molecule has 5 nitrogen and oxygen atoms in total. The van der Waals surface area contributed by atoms with Gasteiger partial charge in [-0.2, -0.15) is 0 Å². The zero-order valence-electron chi connectivity index (χ0n) is 14.3. The van der Waals surface area contributed by atoms with Gasteiger partial charge in [-0.25, -0.2) is 8.78 Å². The number of nitrogens with one attached hydrogen (secondary N) is 1. The van der Waals surface area contributed by atoms with Gasteiger partial charge in [0.1, 0.15) is 5.82 Å². The number of amides is 1. The summed E-state index contributed by atoms with van der Waals surface area (Å²) in [4.78, 5) is 18.5. The minimum absolute atomic E-state index is 0.0228. The number of hydrogen-bond donors (Lipinski definition) is 1. The van der Waals surface area contributed by atoms with Crippen LogP contribution >= 0.6 is 0 Å². The topological polar surface area (TPSA) is 54.5 Å². The molecule has 138 valence electrons. The van der Waals surface area contributed by atoms with Gasteiger partial charge in [-0.3, -0.25) is 14.7 Å². The second-order valence-corrected chi connectivity index (χ2v) is 6.37. The van der Waals surface area contributed by atoms with Crippen molar-refractivity contribution >= 4 is 5.91 Å². The molecule has 1 atom stereocenters. The Hall–Kier alpha value is -2.54. The zero-order valence-corrected chi connectivity index (χ0v) is 14.3. The van der Waals surface area contributed by atoms with E-state index in [0.717, 1.165) is 50.2 Å². The summed E-state index contributed by atoms with van der Waals surface area (Å²) in [5, 5.41) is 2.92. The van der Waals surface area contributed by atoms with Crippen LogP contribution in [0.3, 0.4) is 0 Å². The number of pyridine rings is 1. The number of likely N-dealkylation sites (tertiary alicyclic amines) is 1. The Balaban J connectivity index is 1.46. The molecule has 1 fully saturated rings. The third-order valence-corrected chi connectivity index (χ3v) is 4.25. The molecule has 0 spiro atoms. The lowest BCUT2D eigenvalue weighted by Gasteiger charge is -2.33. The van der Waals surface area contributed by atoms with Gasteiger partial charge in [0.2, 0.25) is 0 Å². The predicted octanol–water partition coefficient (Wildman–Crippen LogP) is 2.52. The number of carbonyl (C=O) groups is 1. The third kappa shape index (κ3) is 5.23. The third-order valence-electron chi connectivity index (χ3n) is 4.25. The maximum absolute atomic E-state index is 13.5. The maximum atomic E-state index is 13.5. The Morgan fingerprint density at radius 3 is 3.00 bits per heavy atom. The van der Waals surface area contributed by atoms with Crippen LogP contribution in [0.2, 0.25) is 0 Å². The molecule has 26 heavy (non-hydrogen) atoms. The number of carbonyl (C=O) groups excluding carboxylic acids is 1. The maximum Gasteiger partial charge on any atom is 0.258 e. The lowest BCUT2D eigenvalue weighted by Crippen LogP contribution is -2.48. The van der Waals surface area contributed by atoms with Crippen LogP contribution in [0.25, 0.3) is 0 Å². The van der Waals surface area contributed by atoms with Crippen LogP contribution in [0.5, 0.6) is 5.75 Å². The number of hydrogen-bond acceptors (Lipinski definition) is 4. The van der Waals surface area contributed by atoms with E-state index in [0.29, 0.717) is 0 Å². The molecule has 3 rings (SSSR count). The SMILES string of the molecule is O=C(COc1ccc(F)cc1F)N[C@H]1CCCN(Cc2cccnc2)C1. The highest BCUT2D eigenvalue weighted by atomic mass is 19.1. The van der Waals surface area contributed by atoms with Crippen LogP contribution in [0, 0.1) is 11.6 Å². The van der Waals surface area contributed by atoms with Gasteiger partial charge in [0.05, 0.1) is 0 Å². The molecule has 1 aromatic heterocycles. The number of halogens is 2. The van der Waals surface area contributed by atoms with E-state index < -0.39 is 11.6 Å². The van der Waals surface area contributed by atoms with Gasteiger partial charge in [-0.15, -0.1) is 0 Å². The van der Waals surface area contributed by atoms with E-state index in [2.05, 4.69) is 15.2 Å². The highest BCUT2D eigenvalue weighted by Crippen LogP contribution is 2.17. The van der Waals surface area contributed by atoms with Gasteiger partial charge in [0.15, 0.2) is 18.2 Å². The standard InChI is InChI=1S/C19H21F2N3O2/c20-15-5-6-18(17(21)9-15)26-13-19(25)23-16-4-2-8-24(12-16)11-14-3-1-7-22-10-14/h1,3,5-7,9-10,16H,2,4,8,11-13H2,(H,23,25)/t16-/m0/s1. The summed E-state index contributed by atoms with van der Waals surface area (Å²) in [6.45, 7) is 2.20. The van der Waals surface area contributed by atoms with E-state index in [-0.39, 0.29) is 24.3 Å². The van der Waals surface area contributed by atoms with Crippen molar-refractivity contribution in [2.45, 2.75) is 25.4 Å². The number of nitrogens with zero attached hydrogens (tertiary/aromatic N) is 2. The Morgan fingerprint density at radius 2 is 2.23 bits per heavy atom. The highest BCUT2D eigenvalue weighted by molar-refractivity contribution is 5.77. The van der Waals surface area contributed by atoms with Crippen LogP contribution in [-0.2, 0) is 11.3 Å². The molecular formula is C19H21F2N3O2. The molecule has 0 radical (unpaired) electrons. The van der Waals surface area contributed by atoms with Gasteiger partial charge in [-0.05, 0) is 43.1 Å². The summed E-state index contributed by atoms with van der Waals surface area (Å²) in [6, 6.07) is 6.95. The number of rotatable bonds is 6. The first-order valence-corrected chi connectivity index (χ1v) is 8.58. The summed E-state index contributed by atoms with van der Waals surface area (Å²) in [7, 11) is 0. The minimum Gasteiger partial charge on any atom is -0.481 e. The summed E-state index contributed by atoms with van der Waals surface area (Å²) < 4.78 is 31.5. The van der Waals surface area contributed by atoms with Crippen molar-refractivity contribution in [3.63, 3.8) is 0 Å². The van der Waals surface area contributed by atoms with Crippen molar-refractivity contribution in [1.82, 2.24) is 15.2 Å². The van der Waals surface area contributed by atoms with Crippen LogP contribution in [0.1, 0.15) is 18.4 Å². The fourth-order valence-corrected chi connectivity index (χ4v) is 3.07. The average Bonchev–Trinajstić information content (AvgIpc) is 2.62. The van der Waals surface area contributed by atoms with Crippen molar-refractivity contribution < 1.29 is 18.3 Å². The van der Waals surface area contributed by atoms with E-state index in [9.17, 15) is 13.6 Å². The fraction of sp³-hybridized carbons (Fsp3) is 0.368. The lowest BCUT2D eigenvalue weighted by molar-refractivity contribution is -0.124. The molecule has 2 aromatic rings. The van der Waals surface area contributed by atoms with Crippen LogP contribution in [0.15, 0.2) is 42.7 Å². The second-order valence-electron chi connectivity index (χ2n) is 6.37. The first kappa shape index (κ1) is 18.3. The molecule has 1 aliphatic heterocycles. The number of benzene rings is 1. The first-order valence-electron chi connectivity index (χ1n) is 8.58. The Kier molecular flexibility index (Phi) is 6.12. The molecule has 0 bridgehead atoms. The Morgan fingerprint density at radius 1 is 1.35 bits per heavy atom. The van der Waals surface area contributed by atoms with Gasteiger partial charge < -0.3 is 10.1 Å². The van der Waals surface area contributed by atoms with Gasteiger partial charge >= 0.3 is 0 Å². The van der Waals surface area contributed by atoms with Crippen molar-refractivity contribution in [3.05, 3.63) is 59.9 Å². The van der Waals surface area contributed by atoms with E-state index in [1.54, 1.807) is 6.20 Å². The van der Waals surface area contributed by atoms with E-state index in [1.807, 2.05) is 18.3 Å². The van der Waals surface area contributed by atoms with Gasteiger partial charge in [-0.1, -0.05) is 6.07 Å². The molecule has 1 saturated heterocycles. The largest absolute Gasteiger partial charge is 0.481 e. The van der Waals surface area contributed by atoms with Crippen molar-refractivity contribution in [1.29, 1.82) is 0 Å². The molecule has 1 N–H and O–H groups in total. The molecular weight excluding hydrogens is 340 g/mol. The summed E-state index contributed by atoms with van der Waals surface area (Å²) >= 11 is 0. The van der Waals surface area contributed by atoms with Crippen molar-refractivity contribution in [2.75, 3.05) is 19.7 Å². The quantitative estimate of drug-likeness (QED) is 0.859. The first-order chi connectivity index (χ1) is 12.6. The number of ether oxygens (including phenoxy) is 1. The van der Waals surface area contributed by atoms with Gasteiger partial charge in [0.25, 0.3) is 5.91 Å².